The molecule has 0 amide bonds. The molecular weight excluding hydrogens is 829 g/mol. The maximum atomic E-state index is 12.9. The number of ether oxygens (including phenoxy) is 3. The van der Waals surface area contributed by atoms with Gasteiger partial charge in [-0.15, -0.1) is 0 Å². The van der Waals surface area contributed by atoms with Crippen molar-refractivity contribution >= 4 is 17.9 Å². The average molecular weight is 933 g/mol. The topological polar surface area (TPSA) is 78.9 Å². The Bertz CT molecular complexity index is 1300. The van der Waals surface area contributed by atoms with E-state index in [4.69, 9.17) is 14.2 Å². The molecule has 6 heteroatoms. The fourth-order valence-corrected chi connectivity index (χ4v) is 7.81. The van der Waals surface area contributed by atoms with Gasteiger partial charge in [0.2, 0.25) is 0 Å². The minimum atomic E-state index is -0.789. The van der Waals surface area contributed by atoms with Crippen LogP contribution < -0.4 is 0 Å². The Morgan fingerprint density at radius 3 is 1.09 bits per heavy atom. The molecule has 0 aromatic rings. The minimum absolute atomic E-state index is 0.0878. The highest BCUT2D eigenvalue weighted by atomic mass is 16.6. The standard InChI is InChI=1S/C61H104O6/c1-4-7-10-13-16-19-22-25-28-30-32-33-36-39-42-45-48-51-54-60(63)66-57-58(56-65-59(62)53-50-47-44-41-38-35-27-24-21-18-15-12-9-6-3)67-61(64)55-52-49-46-43-40-37-34-31-29-26-23-20-17-14-11-8-5-2/h9-10,12-13,16,18-19,21-22,25,28,30,32-33,58H,4-8,11,14-15,17,20,23-24,26-27,29,31,34-57H2,1-3H3/b12-9-,13-10-,19-16-,21-18-,25-22-,30-28-,33-32-. The maximum Gasteiger partial charge on any atom is 0.306 e. The van der Waals surface area contributed by atoms with Crippen molar-refractivity contribution in [2.45, 2.75) is 271 Å². The molecule has 0 spiro atoms. The normalized spacial score (nSPS) is 12.7. The van der Waals surface area contributed by atoms with Gasteiger partial charge < -0.3 is 14.2 Å². The first-order chi connectivity index (χ1) is 33.0. The first kappa shape index (κ1) is 63.6. The highest BCUT2D eigenvalue weighted by Gasteiger charge is 2.19. The molecule has 0 bridgehead atoms. The maximum absolute atomic E-state index is 12.9. The summed E-state index contributed by atoms with van der Waals surface area (Å²) in [6.07, 6.45) is 71.3. The number of unbranched alkanes of at least 4 members (excludes halogenated alkanes) is 29. The third-order valence-electron chi connectivity index (χ3n) is 12.0. The Kier molecular flexibility index (Phi) is 52.4. The van der Waals surface area contributed by atoms with Gasteiger partial charge in [-0.3, -0.25) is 14.4 Å². The van der Waals surface area contributed by atoms with Gasteiger partial charge >= 0.3 is 17.9 Å². The number of carbonyl (C=O) groups is 3. The van der Waals surface area contributed by atoms with Gasteiger partial charge in [0.25, 0.3) is 0 Å². The van der Waals surface area contributed by atoms with E-state index < -0.39 is 6.10 Å². The van der Waals surface area contributed by atoms with E-state index >= 15 is 0 Å². The predicted octanol–water partition coefficient (Wildman–Crippen LogP) is 18.8. The highest BCUT2D eigenvalue weighted by Crippen LogP contribution is 2.16. The van der Waals surface area contributed by atoms with Crippen LogP contribution in [0.1, 0.15) is 265 Å². The van der Waals surface area contributed by atoms with Gasteiger partial charge in [-0.2, -0.15) is 0 Å². The van der Waals surface area contributed by atoms with Crippen molar-refractivity contribution in [3.8, 4) is 0 Å². The first-order valence-corrected chi connectivity index (χ1v) is 28.2. The molecule has 0 saturated carbocycles. The lowest BCUT2D eigenvalue weighted by molar-refractivity contribution is -0.167. The molecule has 0 aromatic heterocycles. The molecule has 0 rings (SSSR count). The number of hydrogen-bond acceptors (Lipinski definition) is 6. The van der Waals surface area contributed by atoms with Crippen LogP contribution in [0, 0.1) is 0 Å². The third-order valence-corrected chi connectivity index (χ3v) is 12.0. The molecule has 0 aliphatic carbocycles. The molecular formula is C61H104O6. The van der Waals surface area contributed by atoms with Crippen LogP contribution in [0.4, 0.5) is 0 Å². The Hall–Kier alpha value is -3.41. The SMILES string of the molecule is CC/C=C\C/C=C\CCCCCCCCCC(=O)OCC(COC(=O)CCCCCCC\C=C/C=C\C=C/C=C\C=C/CCC)OC(=O)CCCCCCCCCCCCCCCCCCC. The molecule has 6 nitrogen and oxygen atoms in total. The zero-order chi connectivity index (χ0) is 48.6. The molecule has 0 N–H and O–H groups in total. The van der Waals surface area contributed by atoms with Crippen LogP contribution in [-0.2, 0) is 28.6 Å². The number of hydrogen-bond donors (Lipinski definition) is 0. The summed E-state index contributed by atoms with van der Waals surface area (Å²) in [4.78, 5) is 38.1. The first-order valence-electron chi connectivity index (χ1n) is 28.2. The van der Waals surface area contributed by atoms with Gasteiger partial charge in [-0.25, -0.2) is 0 Å². The molecule has 0 aliphatic heterocycles. The van der Waals surface area contributed by atoms with E-state index in [9.17, 15) is 14.4 Å². The predicted molar refractivity (Wildman–Crippen MR) is 288 cm³/mol. The number of rotatable bonds is 50. The molecule has 0 aromatic carbocycles. The van der Waals surface area contributed by atoms with Crippen LogP contribution in [0.3, 0.4) is 0 Å². The van der Waals surface area contributed by atoms with Crippen molar-refractivity contribution in [1.29, 1.82) is 0 Å². The zero-order valence-corrected chi connectivity index (χ0v) is 43.9. The Balaban J connectivity index is 4.43. The molecule has 67 heavy (non-hydrogen) atoms. The van der Waals surface area contributed by atoms with Gasteiger partial charge in [-0.1, -0.05) is 266 Å². The number of esters is 3. The molecule has 0 radical (unpaired) electrons. The Labute approximate surface area is 414 Å². The van der Waals surface area contributed by atoms with Gasteiger partial charge in [-0.05, 0) is 64.2 Å². The summed E-state index contributed by atoms with van der Waals surface area (Å²) in [6.45, 7) is 6.44. The van der Waals surface area contributed by atoms with Crippen LogP contribution in [0.15, 0.2) is 85.1 Å². The fourth-order valence-electron chi connectivity index (χ4n) is 7.81. The van der Waals surface area contributed by atoms with Crippen LogP contribution in [-0.4, -0.2) is 37.2 Å². The number of carbonyl (C=O) groups excluding carboxylic acids is 3. The molecule has 0 fully saturated rings. The summed E-state index contributed by atoms with van der Waals surface area (Å²) in [6, 6.07) is 0. The van der Waals surface area contributed by atoms with Crippen molar-refractivity contribution in [1.82, 2.24) is 0 Å². The molecule has 1 unspecified atom stereocenters. The summed E-state index contributed by atoms with van der Waals surface area (Å²) in [5.41, 5.74) is 0. The summed E-state index contributed by atoms with van der Waals surface area (Å²) < 4.78 is 16.8. The quantitative estimate of drug-likeness (QED) is 0.0199. The van der Waals surface area contributed by atoms with Crippen LogP contribution in [0.25, 0.3) is 0 Å². The summed E-state index contributed by atoms with van der Waals surface area (Å²) >= 11 is 0. The van der Waals surface area contributed by atoms with Crippen LogP contribution in [0.2, 0.25) is 0 Å². The molecule has 0 aliphatic rings. The van der Waals surface area contributed by atoms with E-state index in [2.05, 4.69) is 81.5 Å². The van der Waals surface area contributed by atoms with Gasteiger partial charge in [0.1, 0.15) is 13.2 Å². The molecule has 384 valence electrons. The zero-order valence-electron chi connectivity index (χ0n) is 43.9. The van der Waals surface area contributed by atoms with E-state index in [1.54, 1.807) is 0 Å². The second-order valence-corrected chi connectivity index (χ2v) is 18.6. The van der Waals surface area contributed by atoms with Crippen molar-refractivity contribution in [2.24, 2.45) is 0 Å². The van der Waals surface area contributed by atoms with E-state index in [-0.39, 0.29) is 31.1 Å². The van der Waals surface area contributed by atoms with Crippen molar-refractivity contribution in [3.05, 3.63) is 85.1 Å². The van der Waals surface area contributed by atoms with Gasteiger partial charge in [0.15, 0.2) is 6.10 Å². The Morgan fingerprint density at radius 2 is 0.672 bits per heavy atom. The van der Waals surface area contributed by atoms with Crippen molar-refractivity contribution in [2.75, 3.05) is 13.2 Å². The van der Waals surface area contributed by atoms with Gasteiger partial charge in [0, 0.05) is 19.3 Å². The largest absolute Gasteiger partial charge is 0.462 e. The average Bonchev–Trinajstić information content (AvgIpc) is 3.33. The van der Waals surface area contributed by atoms with Crippen molar-refractivity contribution in [3.63, 3.8) is 0 Å². The Morgan fingerprint density at radius 1 is 0.328 bits per heavy atom. The summed E-state index contributed by atoms with van der Waals surface area (Å²) in [5.74, 6) is -0.913. The molecule has 0 heterocycles. The second kappa shape index (κ2) is 55.2. The molecule has 0 saturated heterocycles. The third kappa shape index (κ3) is 53.4. The lowest BCUT2D eigenvalue weighted by Crippen LogP contribution is -2.30. The summed E-state index contributed by atoms with van der Waals surface area (Å²) in [7, 11) is 0. The van der Waals surface area contributed by atoms with E-state index in [0.29, 0.717) is 19.3 Å². The fraction of sp³-hybridized carbons (Fsp3) is 0.721. The summed E-state index contributed by atoms with van der Waals surface area (Å²) in [5, 5.41) is 0. The lowest BCUT2D eigenvalue weighted by atomic mass is 10.0. The monoisotopic (exact) mass is 933 g/mol. The smallest absolute Gasteiger partial charge is 0.306 e. The minimum Gasteiger partial charge on any atom is -0.462 e. The second-order valence-electron chi connectivity index (χ2n) is 18.6. The molecule has 1 atom stereocenters. The highest BCUT2D eigenvalue weighted by molar-refractivity contribution is 5.71. The van der Waals surface area contributed by atoms with E-state index in [1.165, 1.54) is 122 Å². The van der Waals surface area contributed by atoms with Crippen molar-refractivity contribution < 1.29 is 28.6 Å². The number of allylic oxidation sites excluding steroid dienone is 14. The lowest BCUT2D eigenvalue weighted by Gasteiger charge is -2.18. The van der Waals surface area contributed by atoms with E-state index in [1.807, 2.05) is 24.3 Å². The van der Waals surface area contributed by atoms with Gasteiger partial charge in [0.05, 0.1) is 0 Å². The van der Waals surface area contributed by atoms with Crippen LogP contribution >= 0.6 is 0 Å². The van der Waals surface area contributed by atoms with E-state index in [0.717, 1.165) is 103 Å². The van der Waals surface area contributed by atoms with Crippen LogP contribution in [0.5, 0.6) is 0 Å².